The number of hydrogen-bond acceptors (Lipinski definition) is 3. The molecule has 1 N–H and O–H groups in total. The van der Waals surface area contributed by atoms with Gasteiger partial charge in [0.1, 0.15) is 5.75 Å². The molecule has 1 aromatic rings. The third kappa shape index (κ3) is 2.16. The van der Waals surface area contributed by atoms with E-state index in [0.29, 0.717) is 5.75 Å². The summed E-state index contributed by atoms with van der Waals surface area (Å²) in [6, 6.07) is 5.86. The highest BCUT2D eigenvalue weighted by Gasteiger charge is 2.57. The molecule has 0 amide bonds. The Morgan fingerprint density at radius 3 is 2.79 bits per heavy atom. The van der Waals surface area contributed by atoms with Crippen molar-refractivity contribution >= 4 is 5.78 Å². The molecule has 1 aromatic carbocycles. The van der Waals surface area contributed by atoms with Gasteiger partial charge in [0.25, 0.3) is 0 Å². The van der Waals surface area contributed by atoms with Crippen molar-refractivity contribution in [3.63, 3.8) is 0 Å². The Bertz CT molecular complexity index is 503. The maximum absolute atomic E-state index is 12.7. The fourth-order valence-corrected chi connectivity index (χ4v) is 3.40. The molecule has 3 rings (SSSR count). The number of carbonyl (C=O) groups is 1. The van der Waals surface area contributed by atoms with Crippen LogP contribution in [-0.2, 0) is 0 Å². The van der Waals surface area contributed by atoms with Crippen molar-refractivity contribution in [2.75, 3.05) is 20.2 Å². The van der Waals surface area contributed by atoms with E-state index in [1.807, 2.05) is 25.1 Å². The second kappa shape index (κ2) is 4.64. The number of methoxy groups -OCH3 is 1. The molecule has 0 radical (unpaired) electrons. The van der Waals surface area contributed by atoms with Gasteiger partial charge in [-0.25, -0.2) is 0 Å². The minimum atomic E-state index is 0.213. The van der Waals surface area contributed by atoms with E-state index >= 15 is 0 Å². The molecule has 3 nitrogen and oxygen atoms in total. The smallest absolute Gasteiger partial charge is 0.170 e. The Balaban J connectivity index is 1.83. The molecule has 3 heteroatoms. The molecule has 1 atom stereocenters. The quantitative estimate of drug-likeness (QED) is 0.848. The number of carbonyl (C=O) groups excluding carboxylic acids is 1. The van der Waals surface area contributed by atoms with Gasteiger partial charge in [0.2, 0.25) is 0 Å². The molecule has 1 saturated heterocycles. The fourth-order valence-electron chi connectivity index (χ4n) is 3.40. The molecule has 19 heavy (non-hydrogen) atoms. The monoisotopic (exact) mass is 259 g/mol. The molecular weight excluding hydrogens is 238 g/mol. The van der Waals surface area contributed by atoms with Crippen LogP contribution in [0.5, 0.6) is 5.75 Å². The fraction of sp³-hybridized carbons (Fsp3) is 0.562. The van der Waals surface area contributed by atoms with Crippen LogP contribution in [0.3, 0.4) is 0 Å². The maximum atomic E-state index is 12.7. The Morgan fingerprint density at radius 1 is 1.37 bits per heavy atom. The standard InChI is InChI=1S/C16H21NO2/c1-11-3-4-14(19-2)12(9-11)15(18)13-10-16(13)5-7-17-8-6-16/h3-4,9,13,17H,5-8,10H2,1-2H3. The summed E-state index contributed by atoms with van der Waals surface area (Å²) in [6.07, 6.45) is 3.33. The Hall–Kier alpha value is -1.35. The average molecular weight is 259 g/mol. The minimum absolute atomic E-state index is 0.213. The number of hydrogen-bond donors (Lipinski definition) is 1. The van der Waals surface area contributed by atoms with E-state index in [9.17, 15) is 4.79 Å². The van der Waals surface area contributed by atoms with Gasteiger partial charge in [0, 0.05) is 5.92 Å². The molecule has 1 spiro atoms. The number of piperidine rings is 1. The highest BCUT2D eigenvalue weighted by atomic mass is 16.5. The Labute approximate surface area is 114 Å². The molecular formula is C16H21NO2. The van der Waals surface area contributed by atoms with Crippen LogP contribution in [0.25, 0.3) is 0 Å². The highest BCUT2D eigenvalue weighted by molar-refractivity contribution is 6.02. The van der Waals surface area contributed by atoms with Gasteiger partial charge in [-0.2, -0.15) is 0 Å². The number of nitrogens with one attached hydrogen (secondary N) is 1. The first-order chi connectivity index (χ1) is 9.16. The van der Waals surface area contributed by atoms with Crippen LogP contribution < -0.4 is 10.1 Å². The molecule has 1 aliphatic heterocycles. The summed E-state index contributed by atoms with van der Waals surface area (Å²) in [4.78, 5) is 12.7. The number of ether oxygens (including phenoxy) is 1. The number of Topliss-reactive ketones (excluding diaryl/α,β-unsaturated/α-hetero) is 1. The maximum Gasteiger partial charge on any atom is 0.170 e. The summed E-state index contributed by atoms with van der Waals surface area (Å²) in [7, 11) is 1.63. The van der Waals surface area contributed by atoms with Crippen LogP contribution in [0.1, 0.15) is 35.2 Å². The van der Waals surface area contributed by atoms with Crippen LogP contribution in [0.2, 0.25) is 0 Å². The lowest BCUT2D eigenvalue weighted by atomic mass is 9.89. The zero-order valence-corrected chi connectivity index (χ0v) is 11.7. The summed E-state index contributed by atoms with van der Waals surface area (Å²) in [5, 5.41) is 3.38. The average Bonchev–Trinajstić information content (AvgIpc) is 3.12. The van der Waals surface area contributed by atoms with Gasteiger partial charge in [-0.3, -0.25) is 4.79 Å². The molecule has 0 aromatic heterocycles. The minimum Gasteiger partial charge on any atom is -0.496 e. The van der Waals surface area contributed by atoms with Crippen LogP contribution >= 0.6 is 0 Å². The third-order valence-electron chi connectivity index (χ3n) is 4.73. The number of ketones is 1. The second-order valence-electron chi connectivity index (χ2n) is 5.94. The molecule has 1 heterocycles. The van der Waals surface area contributed by atoms with E-state index in [2.05, 4.69) is 5.32 Å². The molecule has 0 bridgehead atoms. The highest BCUT2D eigenvalue weighted by Crippen LogP contribution is 2.60. The van der Waals surface area contributed by atoms with Crippen molar-refractivity contribution in [2.45, 2.75) is 26.2 Å². The van der Waals surface area contributed by atoms with Gasteiger partial charge >= 0.3 is 0 Å². The summed E-state index contributed by atoms with van der Waals surface area (Å²) in [5.41, 5.74) is 2.17. The number of benzene rings is 1. The lowest BCUT2D eigenvalue weighted by Gasteiger charge is -2.23. The van der Waals surface area contributed by atoms with Crippen LogP contribution in [0.4, 0.5) is 0 Å². The zero-order chi connectivity index (χ0) is 13.5. The van der Waals surface area contributed by atoms with Gasteiger partial charge in [-0.15, -0.1) is 0 Å². The van der Waals surface area contributed by atoms with Gasteiger partial charge in [0.05, 0.1) is 12.7 Å². The van der Waals surface area contributed by atoms with Crippen molar-refractivity contribution in [3.05, 3.63) is 29.3 Å². The van der Waals surface area contributed by atoms with Gasteiger partial charge < -0.3 is 10.1 Å². The summed E-state index contributed by atoms with van der Waals surface area (Å²) >= 11 is 0. The van der Waals surface area contributed by atoms with E-state index < -0.39 is 0 Å². The van der Waals surface area contributed by atoms with E-state index in [4.69, 9.17) is 4.74 Å². The number of rotatable bonds is 3. The lowest BCUT2D eigenvalue weighted by molar-refractivity contribution is 0.0937. The first-order valence-electron chi connectivity index (χ1n) is 7.06. The first kappa shape index (κ1) is 12.7. The molecule has 1 aliphatic carbocycles. The van der Waals surface area contributed by atoms with Crippen molar-refractivity contribution < 1.29 is 9.53 Å². The largest absolute Gasteiger partial charge is 0.496 e. The predicted octanol–water partition coefficient (Wildman–Crippen LogP) is 2.58. The third-order valence-corrected chi connectivity index (χ3v) is 4.73. The second-order valence-corrected chi connectivity index (χ2v) is 5.94. The lowest BCUT2D eigenvalue weighted by Crippen LogP contribution is -2.30. The van der Waals surface area contributed by atoms with Crippen molar-refractivity contribution in [2.24, 2.45) is 11.3 Å². The van der Waals surface area contributed by atoms with Gasteiger partial charge in [-0.05, 0) is 56.8 Å². The summed E-state index contributed by atoms with van der Waals surface area (Å²) in [6.45, 7) is 4.12. The van der Waals surface area contributed by atoms with E-state index in [0.717, 1.165) is 43.5 Å². The van der Waals surface area contributed by atoms with Crippen LogP contribution in [0.15, 0.2) is 18.2 Å². The molecule has 2 aliphatic rings. The molecule has 2 fully saturated rings. The Morgan fingerprint density at radius 2 is 2.11 bits per heavy atom. The Kier molecular flexibility index (Phi) is 3.09. The number of aryl methyl sites for hydroxylation is 1. The first-order valence-corrected chi connectivity index (χ1v) is 7.06. The SMILES string of the molecule is COc1ccc(C)cc1C(=O)C1CC12CCNCC2. The van der Waals surface area contributed by atoms with E-state index in [1.165, 1.54) is 0 Å². The van der Waals surface area contributed by atoms with Crippen molar-refractivity contribution in [3.8, 4) is 5.75 Å². The van der Waals surface area contributed by atoms with Crippen molar-refractivity contribution in [1.82, 2.24) is 5.32 Å². The topological polar surface area (TPSA) is 38.3 Å². The van der Waals surface area contributed by atoms with Gasteiger partial charge in [0.15, 0.2) is 5.78 Å². The normalized spacial score (nSPS) is 24.2. The van der Waals surface area contributed by atoms with Crippen LogP contribution in [0, 0.1) is 18.3 Å². The molecule has 1 unspecified atom stereocenters. The van der Waals surface area contributed by atoms with Crippen LogP contribution in [-0.4, -0.2) is 26.0 Å². The summed E-state index contributed by atoms with van der Waals surface area (Å²) < 4.78 is 5.34. The molecule has 1 saturated carbocycles. The summed E-state index contributed by atoms with van der Waals surface area (Å²) in [5.74, 6) is 1.21. The predicted molar refractivity (Wildman–Crippen MR) is 74.7 cm³/mol. The van der Waals surface area contributed by atoms with Crippen molar-refractivity contribution in [1.29, 1.82) is 0 Å². The zero-order valence-electron chi connectivity index (χ0n) is 11.7. The van der Waals surface area contributed by atoms with E-state index in [-0.39, 0.29) is 17.1 Å². The molecule has 102 valence electrons. The van der Waals surface area contributed by atoms with Gasteiger partial charge in [-0.1, -0.05) is 11.6 Å². The van der Waals surface area contributed by atoms with E-state index in [1.54, 1.807) is 7.11 Å².